The summed E-state index contributed by atoms with van der Waals surface area (Å²) in [6, 6.07) is 0.444. The third-order valence-electron chi connectivity index (χ3n) is 3.89. The zero-order valence-electron chi connectivity index (χ0n) is 13.9. The van der Waals surface area contributed by atoms with Crippen molar-refractivity contribution in [3.05, 3.63) is 23.3 Å². The molecule has 0 saturated carbocycles. The molecular formula is C15H12F6N4O2. The van der Waals surface area contributed by atoms with Gasteiger partial charge in [-0.05, 0) is 13.0 Å². The van der Waals surface area contributed by atoms with Crippen LogP contribution >= 0.6 is 0 Å². The number of hydrogen-bond acceptors (Lipinski definition) is 5. The first-order valence-corrected chi connectivity index (χ1v) is 7.31. The van der Waals surface area contributed by atoms with Gasteiger partial charge in [0.1, 0.15) is 5.75 Å². The number of nitrogens with zero attached hydrogens (tertiary/aromatic N) is 3. The van der Waals surface area contributed by atoms with E-state index in [4.69, 9.17) is 10.00 Å². The summed E-state index contributed by atoms with van der Waals surface area (Å²) in [7, 11) is 1.09. The molecular weight excluding hydrogens is 382 g/mol. The van der Waals surface area contributed by atoms with Gasteiger partial charge in [0.25, 0.3) is 5.91 Å². The van der Waals surface area contributed by atoms with E-state index in [2.05, 4.69) is 15.5 Å². The predicted molar refractivity (Wildman–Crippen MR) is 79.1 cm³/mol. The molecule has 12 heteroatoms. The lowest BCUT2D eigenvalue weighted by molar-refractivity contribution is -0.148. The standard InChI is InChI=1S/C15H12F6N4O2/c1-13(5-11(24-25-13)15(19,20)21)12(26)23-9-4-8(14(16,17)18)7(6-22)3-10(9)27-2/h3-4,11H,5H2,1-2H3,(H,23,26). The fourth-order valence-electron chi connectivity index (χ4n) is 2.40. The van der Waals surface area contributed by atoms with Crippen LogP contribution in [0, 0.1) is 11.3 Å². The van der Waals surface area contributed by atoms with Crippen molar-refractivity contribution in [3.8, 4) is 11.8 Å². The lowest BCUT2D eigenvalue weighted by atomic mass is 9.94. The van der Waals surface area contributed by atoms with Crippen molar-refractivity contribution in [1.82, 2.24) is 0 Å². The maximum atomic E-state index is 13.1. The number of ether oxygens (including phenoxy) is 1. The molecule has 1 aliphatic rings. The van der Waals surface area contributed by atoms with Gasteiger partial charge < -0.3 is 10.1 Å². The van der Waals surface area contributed by atoms with E-state index >= 15 is 0 Å². The van der Waals surface area contributed by atoms with Gasteiger partial charge in [0.15, 0.2) is 11.6 Å². The summed E-state index contributed by atoms with van der Waals surface area (Å²) in [4.78, 5) is 12.4. The van der Waals surface area contributed by atoms with E-state index in [1.807, 2.05) is 0 Å². The van der Waals surface area contributed by atoms with Crippen LogP contribution in [-0.4, -0.2) is 30.8 Å². The van der Waals surface area contributed by atoms with Gasteiger partial charge in [-0.1, -0.05) is 0 Å². The monoisotopic (exact) mass is 394 g/mol. The lowest BCUT2D eigenvalue weighted by Crippen LogP contribution is -2.40. The highest BCUT2D eigenvalue weighted by Gasteiger charge is 2.51. The SMILES string of the molecule is COc1cc(C#N)c(C(F)(F)F)cc1NC(=O)C1(C)CC(C(F)(F)F)N=N1. The van der Waals surface area contributed by atoms with Gasteiger partial charge in [-0.3, -0.25) is 4.79 Å². The minimum Gasteiger partial charge on any atom is -0.495 e. The Kier molecular flexibility index (Phi) is 5.09. The number of anilines is 1. The van der Waals surface area contributed by atoms with Gasteiger partial charge in [0.2, 0.25) is 0 Å². The molecule has 1 heterocycles. The summed E-state index contributed by atoms with van der Waals surface area (Å²) >= 11 is 0. The number of hydrogen-bond donors (Lipinski definition) is 1. The van der Waals surface area contributed by atoms with Crippen LogP contribution in [0.4, 0.5) is 32.0 Å². The molecule has 2 unspecified atom stereocenters. The minimum absolute atomic E-state index is 0.265. The highest BCUT2D eigenvalue weighted by Crippen LogP contribution is 2.40. The fraction of sp³-hybridized carbons (Fsp3) is 0.467. The lowest BCUT2D eigenvalue weighted by Gasteiger charge is -2.21. The zero-order chi connectivity index (χ0) is 20.6. The first kappa shape index (κ1) is 20.5. The molecule has 0 saturated heterocycles. The van der Waals surface area contributed by atoms with Crippen molar-refractivity contribution >= 4 is 11.6 Å². The number of rotatable bonds is 3. The van der Waals surface area contributed by atoms with Crippen LogP contribution in [-0.2, 0) is 11.0 Å². The predicted octanol–water partition coefficient (Wildman–Crippen LogP) is 4.07. The van der Waals surface area contributed by atoms with Gasteiger partial charge in [-0.2, -0.15) is 41.8 Å². The summed E-state index contributed by atoms with van der Waals surface area (Å²) < 4.78 is 82.3. The number of alkyl halides is 6. The van der Waals surface area contributed by atoms with Crippen molar-refractivity contribution in [2.45, 2.75) is 37.3 Å². The maximum absolute atomic E-state index is 13.1. The smallest absolute Gasteiger partial charge is 0.417 e. The van der Waals surface area contributed by atoms with Crippen molar-refractivity contribution in [2.75, 3.05) is 12.4 Å². The Morgan fingerprint density at radius 2 is 1.96 bits per heavy atom. The van der Waals surface area contributed by atoms with Crippen LogP contribution in [0.25, 0.3) is 0 Å². The molecule has 0 fully saturated rings. The Morgan fingerprint density at radius 1 is 1.33 bits per heavy atom. The molecule has 146 valence electrons. The molecule has 27 heavy (non-hydrogen) atoms. The number of amides is 1. The van der Waals surface area contributed by atoms with Crippen molar-refractivity contribution in [1.29, 1.82) is 5.26 Å². The molecule has 1 aromatic carbocycles. The number of nitriles is 1. The number of nitrogens with one attached hydrogen (secondary N) is 1. The molecule has 0 aliphatic carbocycles. The van der Waals surface area contributed by atoms with E-state index in [0.717, 1.165) is 20.1 Å². The van der Waals surface area contributed by atoms with Crippen LogP contribution < -0.4 is 10.1 Å². The molecule has 1 aliphatic heterocycles. The van der Waals surface area contributed by atoms with Crippen LogP contribution in [0.1, 0.15) is 24.5 Å². The summed E-state index contributed by atoms with van der Waals surface area (Å²) in [6.07, 6.45) is -10.4. The molecule has 2 atom stereocenters. The maximum Gasteiger partial charge on any atom is 0.417 e. The highest BCUT2D eigenvalue weighted by atomic mass is 19.4. The normalized spacial score (nSPS) is 22.4. The highest BCUT2D eigenvalue weighted by molar-refractivity contribution is 5.99. The van der Waals surface area contributed by atoms with Gasteiger partial charge in [-0.25, -0.2) is 0 Å². The average Bonchev–Trinajstić information content (AvgIpc) is 2.97. The average molecular weight is 394 g/mol. The Balaban J connectivity index is 2.36. The van der Waals surface area contributed by atoms with Crippen LogP contribution in [0.2, 0.25) is 0 Å². The Bertz CT molecular complexity index is 827. The number of carbonyl (C=O) groups is 1. The number of methoxy groups -OCH3 is 1. The topological polar surface area (TPSA) is 86.8 Å². The molecule has 1 aromatic rings. The number of halogens is 6. The molecule has 0 spiro atoms. The number of carbonyl (C=O) groups excluding carboxylic acids is 1. The van der Waals surface area contributed by atoms with E-state index < -0.39 is 53.1 Å². The molecule has 0 aromatic heterocycles. The molecule has 1 amide bonds. The molecule has 2 rings (SSSR count). The van der Waals surface area contributed by atoms with Crippen molar-refractivity contribution < 1.29 is 35.9 Å². The first-order chi connectivity index (χ1) is 12.3. The fourth-order valence-corrected chi connectivity index (χ4v) is 2.40. The minimum atomic E-state index is -4.89. The molecule has 0 bridgehead atoms. The molecule has 1 N–H and O–H groups in total. The summed E-state index contributed by atoms with van der Waals surface area (Å²) in [5.74, 6) is -1.35. The zero-order valence-corrected chi connectivity index (χ0v) is 13.9. The van der Waals surface area contributed by atoms with Gasteiger partial charge in [0, 0.05) is 12.5 Å². The quantitative estimate of drug-likeness (QED) is 0.784. The third-order valence-corrected chi connectivity index (χ3v) is 3.89. The Morgan fingerprint density at radius 3 is 2.41 bits per heavy atom. The van der Waals surface area contributed by atoms with Gasteiger partial charge >= 0.3 is 12.4 Å². The second-order valence-corrected chi connectivity index (χ2v) is 5.91. The summed E-state index contributed by atoms with van der Waals surface area (Å²) in [5, 5.41) is 17.3. The van der Waals surface area contributed by atoms with Crippen molar-refractivity contribution in [2.24, 2.45) is 10.2 Å². The summed E-state index contributed by atoms with van der Waals surface area (Å²) in [5.41, 5.74) is -4.44. The van der Waals surface area contributed by atoms with Crippen LogP contribution in [0.3, 0.4) is 0 Å². The van der Waals surface area contributed by atoms with E-state index in [9.17, 15) is 31.1 Å². The van der Waals surface area contributed by atoms with E-state index in [0.29, 0.717) is 6.07 Å². The van der Waals surface area contributed by atoms with E-state index in [1.54, 1.807) is 0 Å². The number of azo groups is 1. The Labute approximate surface area is 148 Å². The summed E-state index contributed by atoms with van der Waals surface area (Å²) in [6.45, 7) is 1.08. The molecule has 6 nitrogen and oxygen atoms in total. The van der Waals surface area contributed by atoms with Gasteiger partial charge in [0.05, 0.1) is 30.0 Å². The van der Waals surface area contributed by atoms with Crippen LogP contribution in [0.15, 0.2) is 22.4 Å². The van der Waals surface area contributed by atoms with Crippen molar-refractivity contribution in [3.63, 3.8) is 0 Å². The molecule has 0 radical (unpaired) electrons. The van der Waals surface area contributed by atoms with E-state index in [-0.39, 0.29) is 5.75 Å². The first-order valence-electron chi connectivity index (χ1n) is 7.31. The van der Waals surface area contributed by atoms with Crippen LogP contribution in [0.5, 0.6) is 5.75 Å². The number of benzene rings is 1. The second-order valence-electron chi connectivity index (χ2n) is 5.91. The Hall–Kier alpha value is -2.84. The second kappa shape index (κ2) is 6.71. The van der Waals surface area contributed by atoms with E-state index in [1.165, 1.54) is 6.07 Å². The largest absolute Gasteiger partial charge is 0.495 e. The third kappa shape index (κ3) is 4.12. The van der Waals surface area contributed by atoms with Gasteiger partial charge in [-0.15, -0.1) is 0 Å².